The normalized spacial score (nSPS) is 13.7. The van der Waals surface area contributed by atoms with Gasteiger partial charge in [0.1, 0.15) is 0 Å². The number of hydrogen-bond donors (Lipinski definition) is 1. The standard InChI is InChI=1S/C21H19ClN2O2S2/c1-13-9-11-27-19(13)20(25)23-15-7-5-14(6-8-15)21(26)24-10-3-2-4-17-16(24)12-18(22)28-17/h5-9,11-12H,2-4,10H2,1H3,(H,23,25). The number of hydrogen-bond acceptors (Lipinski definition) is 4. The van der Waals surface area contributed by atoms with Crippen LogP contribution in [0.4, 0.5) is 11.4 Å². The Labute approximate surface area is 176 Å². The van der Waals surface area contributed by atoms with Crippen molar-refractivity contribution in [1.29, 1.82) is 0 Å². The second-order valence-electron chi connectivity index (χ2n) is 6.74. The van der Waals surface area contributed by atoms with Gasteiger partial charge in [-0.15, -0.1) is 22.7 Å². The lowest BCUT2D eigenvalue weighted by Gasteiger charge is -2.21. The molecule has 0 unspecified atom stereocenters. The third kappa shape index (κ3) is 3.85. The van der Waals surface area contributed by atoms with Gasteiger partial charge in [0.05, 0.1) is 14.9 Å². The number of benzene rings is 1. The second-order valence-corrected chi connectivity index (χ2v) is 9.42. The van der Waals surface area contributed by atoms with Crippen LogP contribution in [-0.2, 0) is 6.42 Å². The first-order chi connectivity index (χ1) is 13.5. The van der Waals surface area contributed by atoms with Crippen LogP contribution in [0, 0.1) is 6.92 Å². The summed E-state index contributed by atoms with van der Waals surface area (Å²) in [5.41, 5.74) is 3.16. The maximum absolute atomic E-state index is 13.1. The molecule has 4 nitrogen and oxygen atoms in total. The summed E-state index contributed by atoms with van der Waals surface area (Å²) in [6, 6.07) is 10.9. The molecule has 0 aliphatic carbocycles. The van der Waals surface area contributed by atoms with Gasteiger partial charge in [0.2, 0.25) is 0 Å². The highest BCUT2D eigenvalue weighted by Crippen LogP contribution is 2.37. The number of amides is 2. The average molecular weight is 431 g/mol. The predicted molar refractivity (Wildman–Crippen MR) is 117 cm³/mol. The van der Waals surface area contributed by atoms with E-state index >= 15 is 0 Å². The number of rotatable bonds is 3. The van der Waals surface area contributed by atoms with Crippen molar-refractivity contribution < 1.29 is 9.59 Å². The number of carbonyl (C=O) groups excluding carboxylic acids is 2. The number of anilines is 2. The first kappa shape index (κ1) is 19.2. The Bertz CT molecular complexity index is 1020. The minimum atomic E-state index is -0.128. The molecule has 0 radical (unpaired) electrons. The van der Waals surface area contributed by atoms with E-state index in [2.05, 4.69) is 5.32 Å². The minimum Gasteiger partial charge on any atom is -0.321 e. The molecule has 0 bridgehead atoms. The minimum absolute atomic E-state index is 0.0374. The van der Waals surface area contributed by atoms with Gasteiger partial charge < -0.3 is 10.2 Å². The number of halogens is 1. The van der Waals surface area contributed by atoms with Crippen molar-refractivity contribution in [2.75, 3.05) is 16.8 Å². The van der Waals surface area contributed by atoms with E-state index in [9.17, 15) is 9.59 Å². The van der Waals surface area contributed by atoms with Crippen molar-refractivity contribution in [2.24, 2.45) is 0 Å². The van der Waals surface area contributed by atoms with Gasteiger partial charge in [-0.2, -0.15) is 0 Å². The lowest BCUT2D eigenvalue weighted by atomic mass is 10.1. The lowest BCUT2D eigenvalue weighted by molar-refractivity contribution is 0.0986. The van der Waals surface area contributed by atoms with Crippen LogP contribution in [0.3, 0.4) is 0 Å². The number of nitrogens with zero attached hydrogens (tertiary/aromatic N) is 1. The molecule has 28 heavy (non-hydrogen) atoms. The highest BCUT2D eigenvalue weighted by molar-refractivity contribution is 7.16. The van der Waals surface area contributed by atoms with Gasteiger partial charge in [-0.1, -0.05) is 11.6 Å². The van der Waals surface area contributed by atoms with E-state index in [0.717, 1.165) is 30.5 Å². The largest absolute Gasteiger partial charge is 0.321 e. The molecule has 1 aromatic carbocycles. The van der Waals surface area contributed by atoms with Crippen molar-refractivity contribution in [3.8, 4) is 0 Å². The molecule has 7 heteroatoms. The molecule has 3 aromatic rings. The van der Waals surface area contributed by atoms with E-state index in [0.29, 0.717) is 27.0 Å². The van der Waals surface area contributed by atoms with Crippen LogP contribution in [0.5, 0.6) is 0 Å². The van der Waals surface area contributed by atoms with Crippen LogP contribution in [0.1, 0.15) is 43.3 Å². The lowest BCUT2D eigenvalue weighted by Crippen LogP contribution is -2.31. The Morgan fingerprint density at radius 3 is 2.64 bits per heavy atom. The fourth-order valence-electron chi connectivity index (χ4n) is 3.33. The molecule has 1 N–H and O–H groups in total. The molecule has 1 aliphatic heterocycles. The Kier molecular flexibility index (Phi) is 5.53. The molecule has 0 fully saturated rings. The maximum Gasteiger partial charge on any atom is 0.265 e. The van der Waals surface area contributed by atoms with Crippen LogP contribution < -0.4 is 10.2 Å². The Morgan fingerprint density at radius 1 is 1.14 bits per heavy atom. The summed E-state index contributed by atoms with van der Waals surface area (Å²) < 4.78 is 0.714. The third-order valence-electron chi connectivity index (χ3n) is 4.79. The maximum atomic E-state index is 13.1. The van der Waals surface area contributed by atoms with Crippen molar-refractivity contribution in [2.45, 2.75) is 26.2 Å². The van der Waals surface area contributed by atoms with Gasteiger partial charge in [0.15, 0.2) is 0 Å². The third-order valence-corrected chi connectivity index (χ3v) is 7.11. The molecular weight excluding hydrogens is 412 g/mol. The summed E-state index contributed by atoms with van der Waals surface area (Å²) in [4.78, 5) is 29.1. The van der Waals surface area contributed by atoms with E-state index in [-0.39, 0.29) is 11.8 Å². The topological polar surface area (TPSA) is 49.4 Å². The Balaban J connectivity index is 1.51. The van der Waals surface area contributed by atoms with Crippen LogP contribution in [0.25, 0.3) is 0 Å². The molecular formula is C21H19ClN2O2S2. The Hall–Kier alpha value is -2.15. The average Bonchev–Trinajstić information content (AvgIpc) is 3.22. The summed E-state index contributed by atoms with van der Waals surface area (Å²) in [5.74, 6) is -0.166. The highest BCUT2D eigenvalue weighted by Gasteiger charge is 2.24. The number of carbonyl (C=O) groups is 2. The van der Waals surface area contributed by atoms with Gasteiger partial charge >= 0.3 is 0 Å². The van der Waals surface area contributed by atoms with Crippen molar-refractivity contribution in [3.05, 3.63) is 67.0 Å². The molecule has 0 atom stereocenters. The molecule has 0 saturated heterocycles. The number of nitrogens with one attached hydrogen (secondary N) is 1. The van der Waals surface area contributed by atoms with E-state index in [4.69, 9.17) is 11.6 Å². The molecule has 0 saturated carbocycles. The van der Waals surface area contributed by atoms with Crippen LogP contribution in [-0.4, -0.2) is 18.4 Å². The van der Waals surface area contributed by atoms with Gasteiger partial charge in [-0.25, -0.2) is 0 Å². The number of thiophene rings is 2. The number of aryl methyl sites for hydroxylation is 2. The second kappa shape index (κ2) is 8.07. The van der Waals surface area contributed by atoms with Crippen LogP contribution >= 0.6 is 34.3 Å². The van der Waals surface area contributed by atoms with E-state index in [1.54, 1.807) is 35.6 Å². The fraction of sp³-hybridized carbons (Fsp3) is 0.238. The quantitative estimate of drug-likeness (QED) is 0.553. The molecule has 144 valence electrons. The van der Waals surface area contributed by atoms with Gasteiger partial charge in [-0.3, -0.25) is 9.59 Å². The predicted octanol–water partition coefficient (Wildman–Crippen LogP) is 6.01. The number of fused-ring (bicyclic) bond motifs is 1. The molecule has 3 heterocycles. The summed E-state index contributed by atoms with van der Waals surface area (Å²) in [5, 5.41) is 4.79. The monoisotopic (exact) mass is 430 g/mol. The first-order valence-corrected chi connectivity index (χ1v) is 11.2. The van der Waals surface area contributed by atoms with Gasteiger partial charge in [-0.05, 0) is 73.5 Å². The zero-order valence-electron chi connectivity index (χ0n) is 15.3. The molecule has 1 aliphatic rings. The van der Waals surface area contributed by atoms with Gasteiger partial charge in [0, 0.05) is 22.7 Å². The summed E-state index contributed by atoms with van der Waals surface area (Å²) >= 11 is 9.16. The SMILES string of the molecule is Cc1ccsc1C(=O)Nc1ccc(C(=O)N2CCCCc3sc(Cl)cc32)cc1. The van der Waals surface area contributed by atoms with Gasteiger partial charge in [0.25, 0.3) is 11.8 Å². The zero-order valence-corrected chi connectivity index (χ0v) is 17.7. The highest BCUT2D eigenvalue weighted by atomic mass is 35.5. The van der Waals surface area contributed by atoms with E-state index in [1.807, 2.05) is 29.3 Å². The fourth-order valence-corrected chi connectivity index (χ4v) is 5.46. The smallest absolute Gasteiger partial charge is 0.265 e. The van der Waals surface area contributed by atoms with E-state index in [1.165, 1.54) is 16.2 Å². The molecule has 4 rings (SSSR count). The molecule has 2 aromatic heterocycles. The molecule has 2 amide bonds. The zero-order chi connectivity index (χ0) is 19.7. The van der Waals surface area contributed by atoms with Crippen molar-refractivity contribution in [1.82, 2.24) is 0 Å². The van der Waals surface area contributed by atoms with Crippen molar-refractivity contribution in [3.63, 3.8) is 0 Å². The van der Waals surface area contributed by atoms with Crippen LogP contribution in [0.2, 0.25) is 4.34 Å². The summed E-state index contributed by atoms with van der Waals surface area (Å²) in [7, 11) is 0. The van der Waals surface area contributed by atoms with Crippen LogP contribution in [0.15, 0.2) is 41.8 Å². The van der Waals surface area contributed by atoms with Crippen molar-refractivity contribution >= 4 is 57.5 Å². The summed E-state index contributed by atoms with van der Waals surface area (Å²) in [6.45, 7) is 2.61. The Morgan fingerprint density at radius 2 is 1.93 bits per heavy atom. The molecule has 0 spiro atoms. The van der Waals surface area contributed by atoms with E-state index < -0.39 is 0 Å². The first-order valence-electron chi connectivity index (χ1n) is 9.08. The summed E-state index contributed by atoms with van der Waals surface area (Å²) in [6.07, 6.45) is 2.99.